The number of carbonyl (C=O) groups excluding carboxylic acids is 1. The number of hydrogen-bond donors (Lipinski definition) is 1. The Morgan fingerprint density at radius 2 is 2.06 bits per heavy atom. The van der Waals surface area contributed by atoms with Crippen LogP contribution in [-0.2, 0) is 22.3 Å². The first kappa shape index (κ1) is 23.5. The van der Waals surface area contributed by atoms with E-state index in [1.54, 1.807) is 35.0 Å². The number of rotatable bonds is 7. The third-order valence-corrected chi connectivity index (χ3v) is 6.57. The fraction of sp³-hybridized carbons (Fsp3) is 0.333. The van der Waals surface area contributed by atoms with Crippen LogP contribution in [0.4, 0.5) is 18.9 Å². The minimum atomic E-state index is -4.57. The van der Waals surface area contributed by atoms with Crippen LogP contribution in [0.25, 0.3) is 0 Å². The molecule has 2 heterocycles. The van der Waals surface area contributed by atoms with Gasteiger partial charge in [-0.3, -0.25) is 4.79 Å². The predicted octanol–water partition coefficient (Wildman–Crippen LogP) is 5.00. The standard InChI is InChI=1S/C21H19ClF3N5O2S/c22-16-9-8-14(21(23,24)25)11-17(16)26-19(31)18(13-5-2-1-3-6-13)33-20-27-28-29-30(20)12-15-7-4-10-32-15/h1-3,5-6,8-9,11,15,18H,4,7,10,12H2,(H,26,31)/t15-,18+/m1/s1. The van der Waals surface area contributed by atoms with E-state index < -0.39 is 22.9 Å². The second kappa shape index (κ2) is 10.1. The molecule has 1 N–H and O–H groups in total. The monoisotopic (exact) mass is 497 g/mol. The summed E-state index contributed by atoms with van der Waals surface area (Å²) in [6, 6.07) is 11.6. The molecule has 1 saturated heterocycles. The van der Waals surface area contributed by atoms with Gasteiger partial charge in [-0.25, -0.2) is 4.68 Å². The second-order valence-electron chi connectivity index (χ2n) is 7.37. The molecular formula is C21H19ClF3N5O2S. The minimum Gasteiger partial charge on any atom is -0.376 e. The third-order valence-electron chi connectivity index (χ3n) is 5.01. The highest BCUT2D eigenvalue weighted by atomic mass is 35.5. The maximum atomic E-state index is 13.2. The van der Waals surface area contributed by atoms with E-state index >= 15 is 0 Å². The molecule has 0 bridgehead atoms. The summed E-state index contributed by atoms with van der Waals surface area (Å²) in [5.74, 6) is -0.556. The lowest BCUT2D eigenvalue weighted by Gasteiger charge is -2.18. The van der Waals surface area contributed by atoms with Crippen molar-refractivity contribution in [3.05, 3.63) is 64.7 Å². The van der Waals surface area contributed by atoms with Gasteiger partial charge in [0.05, 0.1) is 28.9 Å². The summed E-state index contributed by atoms with van der Waals surface area (Å²) in [5.41, 5.74) is -0.404. The number of aromatic nitrogens is 4. The Morgan fingerprint density at radius 3 is 2.76 bits per heavy atom. The Bertz CT molecular complexity index is 1110. The zero-order chi connectivity index (χ0) is 23.4. The van der Waals surface area contributed by atoms with Gasteiger partial charge in [0.25, 0.3) is 0 Å². The third kappa shape index (κ3) is 5.84. The van der Waals surface area contributed by atoms with Crippen molar-refractivity contribution in [1.82, 2.24) is 20.2 Å². The number of halogens is 4. The van der Waals surface area contributed by atoms with Crippen molar-refractivity contribution in [2.24, 2.45) is 0 Å². The quantitative estimate of drug-likeness (QED) is 0.463. The summed E-state index contributed by atoms with van der Waals surface area (Å²) in [7, 11) is 0. The Hall–Kier alpha value is -2.63. The van der Waals surface area contributed by atoms with Crippen LogP contribution in [0, 0.1) is 0 Å². The molecule has 174 valence electrons. The summed E-state index contributed by atoms with van der Waals surface area (Å²) in [5, 5.41) is 13.8. The number of nitrogens with zero attached hydrogens (tertiary/aromatic N) is 4. The molecule has 1 aliphatic heterocycles. The molecule has 0 aliphatic carbocycles. The predicted molar refractivity (Wildman–Crippen MR) is 117 cm³/mol. The second-order valence-corrected chi connectivity index (χ2v) is 8.85. The van der Waals surface area contributed by atoms with Crippen LogP contribution in [0.15, 0.2) is 53.7 Å². The number of nitrogens with one attached hydrogen (secondary N) is 1. The molecule has 1 aromatic heterocycles. The molecule has 4 rings (SSSR count). The maximum Gasteiger partial charge on any atom is 0.416 e. The van der Waals surface area contributed by atoms with E-state index in [1.165, 1.54) is 0 Å². The molecule has 7 nitrogen and oxygen atoms in total. The van der Waals surface area contributed by atoms with Crippen molar-refractivity contribution >= 4 is 35.0 Å². The first-order chi connectivity index (χ1) is 15.8. The zero-order valence-corrected chi connectivity index (χ0v) is 18.7. The van der Waals surface area contributed by atoms with E-state index in [9.17, 15) is 18.0 Å². The number of benzene rings is 2. The summed E-state index contributed by atoms with van der Waals surface area (Å²) >= 11 is 7.16. The summed E-state index contributed by atoms with van der Waals surface area (Å²) in [6.45, 7) is 1.12. The van der Waals surface area contributed by atoms with E-state index in [-0.39, 0.29) is 16.8 Å². The van der Waals surface area contributed by atoms with Gasteiger partial charge in [-0.15, -0.1) is 5.10 Å². The van der Waals surface area contributed by atoms with E-state index in [1.807, 2.05) is 0 Å². The van der Waals surface area contributed by atoms with Gasteiger partial charge in [-0.05, 0) is 47.0 Å². The average molecular weight is 498 g/mol. The lowest BCUT2D eigenvalue weighted by atomic mass is 10.1. The number of anilines is 1. The Balaban J connectivity index is 1.59. The summed E-state index contributed by atoms with van der Waals surface area (Å²) in [6.07, 6.45) is -2.73. The molecule has 0 radical (unpaired) electrons. The number of tetrazole rings is 1. The molecular weight excluding hydrogens is 479 g/mol. The largest absolute Gasteiger partial charge is 0.416 e. The highest BCUT2D eigenvalue weighted by molar-refractivity contribution is 8.00. The number of thioether (sulfide) groups is 1. The number of hydrogen-bond acceptors (Lipinski definition) is 6. The van der Waals surface area contributed by atoms with Crippen LogP contribution in [0.2, 0.25) is 5.02 Å². The van der Waals surface area contributed by atoms with Crippen LogP contribution < -0.4 is 5.32 Å². The molecule has 12 heteroatoms. The molecule has 33 heavy (non-hydrogen) atoms. The van der Waals surface area contributed by atoms with Gasteiger partial charge >= 0.3 is 6.18 Å². The summed E-state index contributed by atoms with van der Waals surface area (Å²) < 4.78 is 46.6. The highest BCUT2D eigenvalue weighted by Gasteiger charge is 2.32. The zero-order valence-electron chi connectivity index (χ0n) is 17.1. The van der Waals surface area contributed by atoms with Gasteiger partial charge in [0.15, 0.2) is 0 Å². The molecule has 0 saturated carbocycles. The molecule has 1 aliphatic rings. The Labute approximate surface area is 196 Å². The summed E-state index contributed by atoms with van der Waals surface area (Å²) in [4.78, 5) is 13.2. The number of amides is 1. The smallest absolute Gasteiger partial charge is 0.376 e. The van der Waals surface area contributed by atoms with Crippen molar-refractivity contribution in [3.63, 3.8) is 0 Å². The van der Waals surface area contributed by atoms with Crippen molar-refractivity contribution in [1.29, 1.82) is 0 Å². The van der Waals surface area contributed by atoms with Crippen LogP contribution in [-0.4, -0.2) is 38.8 Å². The van der Waals surface area contributed by atoms with Crippen molar-refractivity contribution in [2.75, 3.05) is 11.9 Å². The van der Waals surface area contributed by atoms with Gasteiger partial charge in [-0.1, -0.05) is 53.7 Å². The lowest BCUT2D eigenvalue weighted by molar-refractivity contribution is -0.137. The van der Waals surface area contributed by atoms with Crippen LogP contribution in [0.1, 0.15) is 29.2 Å². The van der Waals surface area contributed by atoms with E-state index in [0.717, 1.165) is 42.8 Å². The van der Waals surface area contributed by atoms with E-state index in [2.05, 4.69) is 20.8 Å². The number of carbonyl (C=O) groups is 1. The minimum absolute atomic E-state index is 0.00335. The van der Waals surface area contributed by atoms with Gasteiger partial charge in [0.1, 0.15) is 5.25 Å². The topological polar surface area (TPSA) is 81.9 Å². The van der Waals surface area contributed by atoms with Crippen molar-refractivity contribution in [2.45, 2.75) is 42.1 Å². The highest BCUT2D eigenvalue weighted by Crippen LogP contribution is 2.37. The fourth-order valence-electron chi connectivity index (χ4n) is 3.38. The molecule has 1 amide bonds. The van der Waals surface area contributed by atoms with Gasteiger partial charge in [0.2, 0.25) is 11.1 Å². The number of alkyl halides is 3. The maximum absolute atomic E-state index is 13.2. The average Bonchev–Trinajstić information content (AvgIpc) is 3.46. The number of ether oxygens (including phenoxy) is 1. The van der Waals surface area contributed by atoms with Crippen molar-refractivity contribution in [3.8, 4) is 0 Å². The first-order valence-corrected chi connectivity index (χ1v) is 11.3. The van der Waals surface area contributed by atoms with Crippen LogP contribution in [0.3, 0.4) is 0 Å². The van der Waals surface area contributed by atoms with Gasteiger partial charge in [0, 0.05) is 6.61 Å². The van der Waals surface area contributed by atoms with E-state index in [0.29, 0.717) is 23.9 Å². The fourth-order valence-corrected chi connectivity index (χ4v) is 4.53. The normalized spacial score (nSPS) is 17.2. The lowest BCUT2D eigenvalue weighted by Crippen LogP contribution is -2.21. The van der Waals surface area contributed by atoms with E-state index in [4.69, 9.17) is 16.3 Å². The molecule has 0 spiro atoms. The molecule has 0 unspecified atom stereocenters. The SMILES string of the molecule is O=C(Nc1cc(C(F)(F)F)ccc1Cl)[C@@H](Sc1nnnn1C[C@H]1CCCO1)c1ccccc1. The van der Waals surface area contributed by atoms with Crippen LogP contribution in [0.5, 0.6) is 0 Å². The molecule has 1 fully saturated rings. The Kier molecular flexibility index (Phi) is 7.20. The first-order valence-electron chi connectivity index (χ1n) is 10.1. The van der Waals surface area contributed by atoms with Gasteiger partial charge < -0.3 is 10.1 Å². The van der Waals surface area contributed by atoms with Crippen LogP contribution >= 0.6 is 23.4 Å². The molecule has 2 atom stereocenters. The van der Waals surface area contributed by atoms with Crippen molar-refractivity contribution < 1.29 is 22.7 Å². The molecule has 3 aromatic rings. The Morgan fingerprint density at radius 1 is 1.27 bits per heavy atom. The molecule has 2 aromatic carbocycles. The van der Waals surface area contributed by atoms with Gasteiger partial charge in [-0.2, -0.15) is 13.2 Å².